The number of amides is 2. The summed E-state index contributed by atoms with van der Waals surface area (Å²) >= 11 is 0. The van der Waals surface area contributed by atoms with Crippen molar-refractivity contribution in [2.75, 3.05) is 13.2 Å². The summed E-state index contributed by atoms with van der Waals surface area (Å²) in [5, 5.41) is 11.7. The summed E-state index contributed by atoms with van der Waals surface area (Å²) in [6, 6.07) is 5.64. The molecule has 0 unspecified atom stereocenters. The van der Waals surface area contributed by atoms with Gasteiger partial charge in [0.15, 0.2) is 0 Å². The molecule has 0 saturated heterocycles. The molecule has 1 aliphatic heterocycles. The second-order valence-corrected chi connectivity index (χ2v) is 5.71. The molecule has 1 aromatic rings. The van der Waals surface area contributed by atoms with E-state index < -0.39 is 5.97 Å². The number of carbonyl (C=O) groups is 2. The molecule has 6 nitrogen and oxygen atoms in total. The van der Waals surface area contributed by atoms with Gasteiger partial charge >= 0.3 is 12.0 Å². The van der Waals surface area contributed by atoms with Crippen molar-refractivity contribution in [2.45, 2.75) is 39.3 Å². The largest absolute Gasteiger partial charge is 0.491 e. The highest BCUT2D eigenvalue weighted by Gasteiger charge is 2.20. The van der Waals surface area contributed by atoms with E-state index in [9.17, 15) is 9.59 Å². The molecule has 2 amide bonds. The molecule has 1 aromatic carbocycles. The van der Waals surface area contributed by atoms with Crippen LogP contribution in [0.15, 0.2) is 18.2 Å². The number of rotatable bonds is 4. The van der Waals surface area contributed by atoms with Gasteiger partial charge in [-0.15, -0.1) is 0 Å². The third-order valence-electron chi connectivity index (χ3n) is 3.43. The van der Waals surface area contributed by atoms with Gasteiger partial charge in [0.2, 0.25) is 0 Å². The first-order valence-corrected chi connectivity index (χ1v) is 7.47. The van der Waals surface area contributed by atoms with Crippen LogP contribution in [-0.4, -0.2) is 41.2 Å². The maximum absolute atomic E-state index is 12.2. The van der Waals surface area contributed by atoms with Gasteiger partial charge in [0.05, 0.1) is 13.1 Å². The molecule has 0 bridgehead atoms. The minimum absolute atomic E-state index is 0.0815. The first kappa shape index (κ1) is 16.1. The number of carbonyl (C=O) groups excluding carboxylic acids is 1. The quantitative estimate of drug-likeness (QED) is 0.892. The lowest BCUT2D eigenvalue weighted by Gasteiger charge is -2.22. The Bertz CT molecular complexity index is 557. The predicted octanol–water partition coefficient (Wildman–Crippen LogP) is 2.02. The molecule has 1 aliphatic rings. The minimum atomic E-state index is -0.816. The van der Waals surface area contributed by atoms with Crippen molar-refractivity contribution in [2.24, 2.45) is 0 Å². The SMILES string of the molecule is CC(C)NC(=O)N1CCOc2ccc(CCC(=O)O)cc2C1. The monoisotopic (exact) mass is 306 g/mol. The zero-order valence-electron chi connectivity index (χ0n) is 13.0. The van der Waals surface area contributed by atoms with Crippen molar-refractivity contribution in [3.8, 4) is 5.75 Å². The maximum atomic E-state index is 12.2. The molecule has 0 aromatic heterocycles. The zero-order valence-corrected chi connectivity index (χ0v) is 13.0. The topological polar surface area (TPSA) is 78.9 Å². The van der Waals surface area contributed by atoms with Crippen LogP contribution in [0.1, 0.15) is 31.4 Å². The molecule has 0 spiro atoms. The molecule has 0 aliphatic carbocycles. The lowest BCUT2D eigenvalue weighted by molar-refractivity contribution is -0.136. The van der Waals surface area contributed by atoms with Gasteiger partial charge in [-0.1, -0.05) is 12.1 Å². The van der Waals surface area contributed by atoms with Crippen molar-refractivity contribution in [3.63, 3.8) is 0 Å². The van der Waals surface area contributed by atoms with Crippen LogP contribution in [0.25, 0.3) is 0 Å². The lowest BCUT2D eigenvalue weighted by Crippen LogP contribution is -2.43. The molecular formula is C16H22N2O4. The number of hydrogen-bond acceptors (Lipinski definition) is 3. The Labute approximate surface area is 130 Å². The number of urea groups is 1. The van der Waals surface area contributed by atoms with Gasteiger partial charge in [-0.2, -0.15) is 0 Å². The van der Waals surface area contributed by atoms with Crippen molar-refractivity contribution in [1.29, 1.82) is 0 Å². The molecule has 0 radical (unpaired) electrons. The van der Waals surface area contributed by atoms with Gasteiger partial charge in [0.25, 0.3) is 0 Å². The van der Waals surface area contributed by atoms with E-state index in [0.29, 0.717) is 26.1 Å². The molecule has 2 rings (SSSR count). The van der Waals surface area contributed by atoms with E-state index in [-0.39, 0.29) is 18.5 Å². The number of hydrogen-bond donors (Lipinski definition) is 2. The Kier molecular flexibility index (Phi) is 5.25. The van der Waals surface area contributed by atoms with Crippen molar-refractivity contribution in [3.05, 3.63) is 29.3 Å². The Morgan fingerprint density at radius 2 is 2.18 bits per heavy atom. The lowest BCUT2D eigenvalue weighted by atomic mass is 10.1. The normalized spacial score (nSPS) is 14.0. The fourth-order valence-electron chi connectivity index (χ4n) is 2.37. The first-order valence-electron chi connectivity index (χ1n) is 7.47. The van der Waals surface area contributed by atoms with Gasteiger partial charge in [0, 0.05) is 18.0 Å². The number of aryl methyl sites for hydroxylation is 1. The van der Waals surface area contributed by atoms with E-state index in [2.05, 4.69) is 5.32 Å². The maximum Gasteiger partial charge on any atom is 0.318 e. The number of ether oxygens (including phenoxy) is 1. The van der Waals surface area contributed by atoms with E-state index in [1.54, 1.807) is 4.90 Å². The highest BCUT2D eigenvalue weighted by molar-refractivity contribution is 5.74. The molecule has 2 N–H and O–H groups in total. The summed E-state index contributed by atoms with van der Waals surface area (Å²) in [6.45, 7) is 5.29. The number of nitrogens with one attached hydrogen (secondary N) is 1. The number of benzene rings is 1. The summed E-state index contributed by atoms with van der Waals surface area (Å²) in [6.07, 6.45) is 0.567. The molecule has 0 fully saturated rings. The second-order valence-electron chi connectivity index (χ2n) is 5.71. The summed E-state index contributed by atoms with van der Waals surface area (Å²) in [5.41, 5.74) is 1.86. The average molecular weight is 306 g/mol. The van der Waals surface area contributed by atoms with Crippen LogP contribution in [0.4, 0.5) is 4.79 Å². The van der Waals surface area contributed by atoms with E-state index in [1.807, 2.05) is 32.0 Å². The van der Waals surface area contributed by atoms with Crippen molar-refractivity contribution < 1.29 is 19.4 Å². The van der Waals surface area contributed by atoms with Crippen LogP contribution in [0, 0.1) is 0 Å². The second kappa shape index (κ2) is 7.15. The predicted molar refractivity (Wildman–Crippen MR) is 82.0 cm³/mol. The Morgan fingerprint density at radius 1 is 1.41 bits per heavy atom. The number of aliphatic carboxylic acids is 1. The smallest absolute Gasteiger partial charge is 0.318 e. The van der Waals surface area contributed by atoms with Crippen LogP contribution in [0.2, 0.25) is 0 Å². The van der Waals surface area contributed by atoms with Crippen molar-refractivity contribution >= 4 is 12.0 Å². The molecular weight excluding hydrogens is 284 g/mol. The standard InChI is InChI=1S/C16H22N2O4/c1-11(2)17-16(21)18-7-8-22-14-5-3-12(4-6-15(19)20)9-13(14)10-18/h3,5,9,11H,4,6-8,10H2,1-2H3,(H,17,21)(H,19,20). The van der Waals surface area contributed by atoms with Gasteiger partial charge in [-0.25, -0.2) is 4.79 Å². The van der Waals surface area contributed by atoms with E-state index in [1.165, 1.54) is 0 Å². The first-order chi connectivity index (χ1) is 10.5. The van der Waals surface area contributed by atoms with Gasteiger partial charge in [-0.05, 0) is 31.9 Å². The number of nitrogens with zero attached hydrogens (tertiary/aromatic N) is 1. The fourth-order valence-corrected chi connectivity index (χ4v) is 2.37. The third-order valence-corrected chi connectivity index (χ3v) is 3.43. The van der Waals surface area contributed by atoms with E-state index in [0.717, 1.165) is 16.9 Å². The molecule has 0 atom stereocenters. The summed E-state index contributed by atoms with van der Waals surface area (Å²) in [4.78, 5) is 24.5. The zero-order chi connectivity index (χ0) is 16.1. The van der Waals surface area contributed by atoms with Gasteiger partial charge in [0.1, 0.15) is 12.4 Å². The molecule has 6 heteroatoms. The molecule has 22 heavy (non-hydrogen) atoms. The van der Waals surface area contributed by atoms with Gasteiger partial charge < -0.3 is 20.1 Å². The average Bonchev–Trinajstić information content (AvgIpc) is 2.66. The summed E-state index contributed by atoms with van der Waals surface area (Å²) in [7, 11) is 0. The fraction of sp³-hybridized carbons (Fsp3) is 0.500. The molecule has 1 heterocycles. The van der Waals surface area contributed by atoms with Crippen LogP contribution in [0.5, 0.6) is 5.75 Å². The highest BCUT2D eigenvalue weighted by Crippen LogP contribution is 2.25. The van der Waals surface area contributed by atoms with E-state index >= 15 is 0 Å². The summed E-state index contributed by atoms with van der Waals surface area (Å²) < 4.78 is 5.68. The number of carboxylic acids is 1. The Balaban J connectivity index is 2.12. The van der Waals surface area contributed by atoms with Crippen LogP contribution in [-0.2, 0) is 17.8 Å². The molecule has 120 valence electrons. The summed E-state index contributed by atoms with van der Waals surface area (Å²) in [5.74, 6) is -0.0527. The molecule has 0 saturated carbocycles. The Morgan fingerprint density at radius 3 is 2.86 bits per heavy atom. The third kappa shape index (κ3) is 4.38. The minimum Gasteiger partial charge on any atom is -0.491 e. The van der Waals surface area contributed by atoms with Crippen LogP contribution < -0.4 is 10.1 Å². The highest BCUT2D eigenvalue weighted by atomic mass is 16.5. The number of fused-ring (bicyclic) bond motifs is 1. The van der Waals surface area contributed by atoms with Crippen molar-refractivity contribution in [1.82, 2.24) is 10.2 Å². The van der Waals surface area contributed by atoms with E-state index in [4.69, 9.17) is 9.84 Å². The Hall–Kier alpha value is -2.24. The van der Waals surface area contributed by atoms with Crippen LogP contribution >= 0.6 is 0 Å². The van der Waals surface area contributed by atoms with Gasteiger partial charge in [-0.3, -0.25) is 4.79 Å². The van der Waals surface area contributed by atoms with Crippen LogP contribution in [0.3, 0.4) is 0 Å². The number of carboxylic acid groups (broad SMARTS) is 1.